The van der Waals surface area contributed by atoms with Gasteiger partial charge < -0.3 is 4.74 Å². The van der Waals surface area contributed by atoms with Gasteiger partial charge in [0.25, 0.3) is 0 Å². The molecule has 0 saturated carbocycles. The van der Waals surface area contributed by atoms with E-state index in [2.05, 4.69) is 20.9 Å². The fraction of sp³-hybridized carbons (Fsp3) is 0.429. The van der Waals surface area contributed by atoms with E-state index in [1.54, 1.807) is 12.4 Å². The number of carbonyl (C=O) groups excluding carboxylic acids is 1. The number of hydrogen-bond donors (Lipinski definition) is 0. The Morgan fingerprint density at radius 1 is 1.83 bits per heavy atom. The predicted octanol–water partition coefficient (Wildman–Crippen LogP) is 2.21. The van der Waals surface area contributed by atoms with Crippen molar-refractivity contribution >= 4 is 33.2 Å². The van der Waals surface area contributed by atoms with Crippen molar-refractivity contribution in [2.45, 2.75) is 12.3 Å². The van der Waals surface area contributed by atoms with E-state index in [0.717, 1.165) is 4.88 Å². The average Bonchev–Trinajstić information content (AvgIpc) is 2.51. The smallest absolute Gasteiger partial charge is 0.358 e. The van der Waals surface area contributed by atoms with Crippen LogP contribution >= 0.6 is 27.3 Å². The zero-order valence-corrected chi connectivity index (χ0v) is 8.94. The quantitative estimate of drug-likeness (QED) is 0.609. The lowest BCUT2D eigenvalue weighted by atomic mass is 10.4. The van der Waals surface area contributed by atoms with Gasteiger partial charge in [-0.3, -0.25) is 0 Å². The molecule has 0 saturated heterocycles. The predicted molar refractivity (Wildman–Crippen MR) is 50.7 cm³/mol. The summed E-state index contributed by atoms with van der Waals surface area (Å²) < 4.78 is 4.81. The fourth-order valence-electron chi connectivity index (χ4n) is 0.731. The second-order valence-corrected chi connectivity index (χ2v) is 3.48. The lowest BCUT2D eigenvalue weighted by molar-refractivity contribution is 0.0519. The van der Waals surface area contributed by atoms with Crippen molar-refractivity contribution in [3.05, 3.63) is 16.1 Å². The number of carbonyl (C=O) groups is 1. The number of esters is 1. The van der Waals surface area contributed by atoms with Gasteiger partial charge in [-0.05, 0) is 6.92 Å². The third-order valence-electron chi connectivity index (χ3n) is 1.23. The molecule has 0 radical (unpaired) electrons. The highest BCUT2D eigenvalue weighted by Crippen LogP contribution is 2.17. The Morgan fingerprint density at radius 2 is 2.58 bits per heavy atom. The van der Waals surface area contributed by atoms with Crippen molar-refractivity contribution in [2.24, 2.45) is 0 Å². The molecule has 0 fully saturated rings. The van der Waals surface area contributed by atoms with Crippen molar-refractivity contribution in [3.63, 3.8) is 0 Å². The second kappa shape index (κ2) is 4.57. The van der Waals surface area contributed by atoms with Crippen molar-refractivity contribution in [1.82, 2.24) is 4.98 Å². The van der Waals surface area contributed by atoms with Crippen LogP contribution in [0.2, 0.25) is 0 Å². The summed E-state index contributed by atoms with van der Waals surface area (Å²) in [5, 5.41) is 0.645. The summed E-state index contributed by atoms with van der Waals surface area (Å²) in [6, 6.07) is 0. The molecule has 0 aliphatic heterocycles. The number of alkyl halides is 1. The number of aromatic nitrogens is 1. The number of ether oxygens (including phenoxy) is 1. The van der Waals surface area contributed by atoms with E-state index >= 15 is 0 Å². The third-order valence-corrected chi connectivity index (χ3v) is 3.00. The topological polar surface area (TPSA) is 39.2 Å². The summed E-state index contributed by atoms with van der Waals surface area (Å²) in [4.78, 5) is 16.0. The molecule has 0 bridgehead atoms. The lowest BCUT2D eigenvalue weighted by Gasteiger charge is -1.98. The molecule has 0 atom stereocenters. The minimum absolute atomic E-state index is 0.340. The second-order valence-electron chi connectivity index (χ2n) is 1.98. The molecular weight excluding hydrogens is 242 g/mol. The molecule has 1 aromatic heterocycles. The van der Waals surface area contributed by atoms with Crippen LogP contribution in [0.15, 0.2) is 5.51 Å². The van der Waals surface area contributed by atoms with E-state index in [1.807, 2.05) is 0 Å². The Hall–Kier alpha value is -0.420. The normalized spacial score (nSPS) is 9.83. The minimum Gasteiger partial charge on any atom is -0.461 e. The monoisotopic (exact) mass is 249 g/mol. The Bertz CT molecular complexity index is 274. The summed E-state index contributed by atoms with van der Waals surface area (Å²) in [6.07, 6.45) is 0. The van der Waals surface area contributed by atoms with Crippen LogP contribution in [0.1, 0.15) is 22.3 Å². The molecule has 66 valence electrons. The lowest BCUT2D eigenvalue weighted by Crippen LogP contribution is -2.06. The maximum Gasteiger partial charge on any atom is 0.358 e. The first-order valence-electron chi connectivity index (χ1n) is 3.45. The van der Waals surface area contributed by atoms with Gasteiger partial charge in [-0.2, -0.15) is 0 Å². The Morgan fingerprint density at radius 3 is 3.17 bits per heavy atom. The highest BCUT2D eigenvalue weighted by atomic mass is 79.9. The summed E-state index contributed by atoms with van der Waals surface area (Å²) >= 11 is 4.71. The number of thiazole rings is 1. The molecule has 0 N–H and O–H groups in total. The van der Waals surface area contributed by atoms with Crippen molar-refractivity contribution in [1.29, 1.82) is 0 Å². The molecule has 12 heavy (non-hydrogen) atoms. The summed E-state index contributed by atoms with van der Waals surface area (Å²) in [5.41, 5.74) is 2.07. The maximum atomic E-state index is 11.2. The molecule has 1 heterocycles. The summed E-state index contributed by atoms with van der Waals surface area (Å²) in [6.45, 7) is 2.16. The van der Waals surface area contributed by atoms with E-state index in [1.165, 1.54) is 11.3 Å². The minimum atomic E-state index is -0.340. The van der Waals surface area contributed by atoms with Crippen LogP contribution in [0.4, 0.5) is 0 Å². The Labute approximate surface area is 82.9 Å². The zero-order chi connectivity index (χ0) is 8.97. The SMILES string of the molecule is CCOC(=O)c1ncsc1CBr. The van der Waals surface area contributed by atoms with E-state index < -0.39 is 0 Å². The van der Waals surface area contributed by atoms with Gasteiger partial charge in [-0.15, -0.1) is 11.3 Å². The highest BCUT2D eigenvalue weighted by molar-refractivity contribution is 9.08. The van der Waals surface area contributed by atoms with Crippen molar-refractivity contribution in [2.75, 3.05) is 6.61 Å². The summed E-state index contributed by atoms with van der Waals surface area (Å²) in [7, 11) is 0. The molecule has 0 unspecified atom stereocenters. The third kappa shape index (κ3) is 2.04. The molecular formula is C7H8BrNO2S. The molecule has 5 heteroatoms. The largest absolute Gasteiger partial charge is 0.461 e. The highest BCUT2D eigenvalue weighted by Gasteiger charge is 2.14. The molecule has 0 amide bonds. The van der Waals surface area contributed by atoms with Gasteiger partial charge in [0.05, 0.1) is 12.1 Å². The number of hydrogen-bond acceptors (Lipinski definition) is 4. The van der Waals surface area contributed by atoms with Gasteiger partial charge in [-0.1, -0.05) is 15.9 Å². The van der Waals surface area contributed by atoms with Gasteiger partial charge in [0.2, 0.25) is 0 Å². The number of rotatable bonds is 3. The van der Waals surface area contributed by atoms with E-state index in [9.17, 15) is 4.79 Å². The van der Waals surface area contributed by atoms with E-state index in [4.69, 9.17) is 4.74 Å². The molecule has 0 aliphatic carbocycles. The van der Waals surface area contributed by atoms with Gasteiger partial charge in [-0.25, -0.2) is 9.78 Å². The summed E-state index contributed by atoms with van der Waals surface area (Å²) in [5.74, 6) is -0.340. The van der Waals surface area contributed by atoms with E-state index in [0.29, 0.717) is 17.6 Å². The zero-order valence-electron chi connectivity index (χ0n) is 6.54. The average molecular weight is 250 g/mol. The van der Waals surface area contributed by atoms with Crippen LogP contribution < -0.4 is 0 Å². The van der Waals surface area contributed by atoms with Crippen molar-refractivity contribution < 1.29 is 9.53 Å². The first kappa shape index (κ1) is 9.67. The molecule has 1 aromatic rings. The molecule has 0 aromatic carbocycles. The fourth-order valence-corrected chi connectivity index (χ4v) is 1.99. The Balaban J connectivity index is 2.79. The van der Waals surface area contributed by atoms with Crippen LogP contribution in [0.5, 0.6) is 0 Å². The van der Waals surface area contributed by atoms with Crippen LogP contribution in [0.3, 0.4) is 0 Å². The molecule has 1 rings (SSSR count). The van der Waals surface area contributed by atoms with Gasteiger partial charge in [0.15, 0.2) is 5.69 Å². The standard InChI is InChI=1S/C7H8BrNO2S/c1-2-11-7(10)6-5(3-8)12-4-9-6/h4H,2-3H2,1H3. The first-order chi connectivity index (χ1) is 5.79. The van der Waals surface area contributed by atoms with Crippen LogP contribution in [0.25, 0.3) is 0 Å². The number of nitrogens with zero attached hydrogens (tertiary/aromatic N) is 1. The molecule has 0 aliphatic rings. The van der Waals surface area contributed by atoms with E-state index in [-0.39, 0.29) is 5.97 Å². The van der Waals surface area contributed by atoms with Crippen LogP contribution in [-0.2, 0) is 10.1 Å². The van der Waals surface area contributed by atoms with Crippen LogP contribution in [-0.4, -0.2) is 17.6 Å². The van der Waals surface area contributed by atoms with Crippen LogP contribution in [0, 0.1) is 0 Å². The van der Waals surface area contributed by atoms with Gasteiger partial charge in [0, 0.05) is 10.2 Å². The van der Waals surface area contributed by atoms with Crippen molar-refractivity contribution in [3.8, 4) is 0 Å². The molecule has 3 nitrogen and oxygen atoms in total. The maximum absolute atomic E-state index is 11.2. The number of halogens is 1. The first-order valence-corrected chi connectivity index (χ1v) is 5.45. The Kier molecular flexibility index (Phi) is 3.68. The molecule has 0 spiro atoms. The van der Waals surface area contributed by atoms with Gasteiger partial charge >= 0.3 is 5.97 Å². The van der Waals surface area contributed by atoms with Gasteiger partial charge in [0.1, 0.15) is 0 Å².